The minimum atomic E-state index is -0.957. The smallest absolute Gasteiger partial charge is 0.245 e. The third-order valence-corrected chi connectivity index (χ3v) is 4.00. The van der Waals surface area contributed by atoms with Crippen LogP contribution in [0.1, 0.15) is 39.2 Å². The van der Waals surface area contributed by atoms with E-state index in [1.165, 1.54) is 5.56 Å². The zero-order valence-corrected chi connectivity index (χ0v) is 12.9. The Morgan fingerprint density at radius 2 is 1.81 bits per heavy atom. The standard InChI is InChI=1S/C17H22N2O2/c1-16(2,3)13-4-6-14(7-5-13)19-15(20)17(12-18)8-10-21-11-9-17/h4-7H,8-11H2,1-3H3,(H,19,20). The number of rotatable bonds is 2. The molecular formula is C17H22N2O2. The van der Waals surface area contributed by atoms with Crippen LogP contribution in [-0.2, 0) is 14.9 Å². The molecule has 1 N–H and O–H groups in total. The number of nitrogens with zero attached hydrogens (tertiary/aromatic N) is 1. The summed E-state index contributed by atoms with van der Waals surface area (Å²) in [6.45, 7) is 7.36. The highest BCUT2D eigenvalue weighted by atomic mass is 16.5. The third kappa shape index (κ3) is 3.43. The fourth-order valence-corrected chi connectivity index (χ4v) is 2.41. The van der Waals surface area contributed by atoms with Crippen LogP contribution in [0.5, 0.6) is 0 Å². The molecule has 4 heteroatoms. The maximum absolute atomic E-state index is 12.4. The van der Waals surface area contributed by atoms with Crippen molar-refractivity contribution in [3.8, 4) is 6.07 Å². The molecule has 2 rings (SSSR count). The zero-order valence-electron chi connectivity index (χ0n) is 12.9. The number of ether oxygens (including phenoxy) is 1. The Morgan fingerprint density at radius 3 is 2.29 bits per heavy atom. The van der Waals surface area contributed by atoms with E-state index in [4.69, 9.17) is 4.74 Å². The van der Waals surface area contributed by atoms with Crippen molar-refractivity contribution >= 4 is 11.6 Å². The van der Waals surface area contributed by atoms with Crippen molar-refractivity contribution < 1.29 is 9.53 Å². The number of carbonyl (C=O) groups excluding carboxylic acids is 1. The molecule has 21 heavy (non-hydrogen) atoms. The van der Waals surface area contributed by atoms with Crippen LogP contribution in [0.3, 0.4) is 0 Å². The molecule has 1 saturated heterocycles. The lowest BCUT2D eigenvalue weighted by atomic mass is 9.80. The Kier molecular flexibility index (Phi) is 4.34. The molecule has 1 aromatic rings. The zero-order chi connectivity index (χ0) is 15.5. The maximum atomic E-state index is 12.4. The van der Waals surface area contributed by atoms with Gasteiger partial charge in [0, 0.05) is 18.9 Å². The Hall–Kier alpha value is -1.86. The van der Waals surface area contributed by atoms with Crippen molar-refractivity contribution in [2.24, 2.45) is 5.41 Å². The van der Waals surface area contributed by atoms with E-state index < -0.39 is 5.41 Å². The van der Waals surface area contributed by atoms with E-state index in [-0.39, 0.29) is 11.3 Å². The van der Waals surface area contributed by atoms with Gasteiger partial charge in [0.1, 0.15) is 5.41 Å². The summed E-state index contributed by atoms with van der Waals surface area (Å²) in [5.74, 6) is -0.225. The second kappa shape index (κ2) is 5.87. The van der Waals surface area contributed by atoms with Crippen LogP contribution < -0.4 is 5.32 Å². The summed E-state index contributed by atoms with van der Waals surface area (Å²) in [5, 5.41) is 12.2. The number of nitrogens with one attached hydrogen (secondary N) is 1. The van der Waals surface area contributed by atoms with Crippen molar-refractivity contribution in [1.29, 1.82) is 5.26 Å². The van der Waals surface area contributed by atoms with E-state index in [1.807, 2.05) is 24.3 Å². The lowest BCUT2D eigenvalue weighted by Crippen LogP contribution is -2.39. The molecule has 0 aromatic heterocycles. The molecule has 0 radical (unpaired) electrons. The number of benzene rings is 1. The lowest BCUT2D eigenvalue weighted by Gasteiger charge is -2.29. The van der Waals surface area contributed by atoms with Crippen molar-refractivity contribution in [2.45, 2.75) is 39.0 Å². The van der Waals surface area contributed by atoms with E-state index in [2.05, 4.69) is 32.2 Å². The van der Waals surface area contributed by atoms with Gasteiger partial charge in [0.25, 0.3) is 0 Å². The van der Waals surface area contributed by atoms with Gasteiger partial charge >= 0.3 is 0 Å². The molecule has 1 fully saturated rings. The summed E-state index contributed by atoms with van der Waals surface area (Å²) >= 11 is 0. The first-order chi connectivity index (χ1) is 9.87. The molecule has 0 unspecified atom stereocenters. The molecule has 1 aromatic carbocycles. The molecule has 1 aliphatic heterocycles. The Morgan fingerprint density at radius 1 is 1.24 bits per heavy atom. The van der Waals surface area contributed by atoms with E-state index in [9.17, 15) is 10.1 Å². The third-order valence-electron chi connectivity index (χ3n) is 4.00. The first-order valence-electron chi connectivity index (χ1n) is 7.28. The Labute approximate surface area is 126 Å². The molecule has 4 nitrogen and oxygen atoms in total. The van der Waals surface area contributed by atoms with Gasteiger partial charge in [-0.2, -0.15) is 5.26 Å². The average molecular weight is 286 g/mol. The molecular weight excluding hydrogens is 264 g/mol. The lowest BCUT2D eigenvalue weighted by molar-refractivity contribution is -0.126. The molecule has 1 heterocycles. The van der Waals surface area contributed by atoms with Gasteiger partial charge in [-0.1, -0.05) is 32.9 Å². The molecule has 0 spiro atoms. The highest BCUT2D eigenvalue weighted by Gasteiger charge is 2.40. The summed E-state index contributed by atoms with van der Waals surface area (Å²) in [4.78, 5) is 12.4. The predicted molar refractivity (Wildman–Crippen MR) is 81.9 cm³/mol. The number of carbonyl (C=O) groups is 1. The molecule has 1 aliphatic rings. The first-order valence-corrected chi connectivity index (χ1v) is 7.28. The summed E-state index contributed by atoms with van der Waals surface area (Å²) in [6, 6.07) is 9.99. The Bertz CT molecular complexity index is 544. The van der Waals surface area contributed by atoms with Gasteiger partial charge in [-0.15, -0.1) is 0 Å². The van der Waals surface area contributed by atoms with E-state index in [0.717, 1.165) is 5.69 Å². The van der Waals surface area contributed by atoms with Crippen LogP contribution in [0, 0.1) is 16.7 Å². The van der Waals surface area contributed by atoms with Gasteiger partial charge in [-0.3, -0.25) is 4.79 Å². The molecule has 0 aliphatic carbocycles. The highest BCUT2D eigenvalue weighted by Crippen LogP contribution is 2.31. The topological polar surface area (TPSA) is 62.1 Å². The minimum Gasteiger partial charge on any atom is -0.381 e. The molecule has 112 valence electrons. The normalized spacial score (nSPS) is 17.8. The molecule has 1 amide bonds. The van der Waals surface area contributed by atoms with Crippen LogP contribution in [0.25, 0.3) is 0 Å². The number of nitriles is 1. The number of anilines is 1. The van der Waals surface area contributed by atoms with Gasteiger partial charge in [0.05, 0.1) is 6.07 Å². The Balaban J connectivity index is 2.11. The number of amides is 1. The van der Waals surface area contributed by atoms with Gasteiger partial charge in [0.15, 0.2) is 0 Å². The van der Waals surface area contributed by atoms with Crippen LogP contribution in [0.15, 0.2) is 24.3 Å². The van der Waals surface area contributed by atoms with Gasteiger partial charge in [-0.05, 0) is 36.0 Å². The fraction of sp³-hybridized carbons (Fsp3) is 0.529. The predicted octanol–water partition coefficient (Wildman–Crippen LogP) is 3.24. The monoisotopic (exact) mass is 286 g/mol. The van der Waals surface area contributed by atoms with Crippen molar-refractivity contribution in [3.63, 3.8) is 0 Å². The van der Waals surface area contributed by atoms with Crippen molar-refractivity contribution in [1.82, 2.24) is 0 Å². The number of hydrogen-bond donors (Lipinski definition) is 1. The molecule has 0 atom stereocenters. The van der Waals surface area contributed by atoms with Crippen LogP contribution in [-0.4, -0.2) is 19.1 Å². The van der Waals surface area contributed by atoms with Crippen molar-refractivity contribution in [2.75, 3.05) is 18.5 Å². The van der Waals surface area contributed by atoms with E-state index in [0.29, 0.717) is 26.1 Å². The van der Waals surface area contributed by atoms with Gasteiger partial charge in [-0.25, -0.2) is 0 Å². The summed E-state index contributed by atoms with van der Waals surface area (Å²) in [6.07, 6.45) is 0.908. The summed E-state index contributed by atoms with van der Waals surface area (Å²) < 4.78 is 5.25. The van der Waals surface area contributed by atoms with Crippen LogP contribution in [0.2, 0.25) is 0 Å². The number of hydrogen-bond acceptors (Lipinski definition) is 3. The quantitative estimate of drug-likeness (QED) is 0.907. The van der Waals surface area contributed by atoms with E-state index in [1.54, 1.807) is 0 Å². The van der Waals surface area contributed by atoms with Gasteiger partial charge in [0.2, 0.25) is 5.91 Å². The average Bonchev–Trinajstić information content (AvgIpc) is 2.47. The second-order valence-electron chi connectivity index (χ2n) is 6.59. The fourth-order valence-electron chi connectivity index (χ4n) is 2.41. The molecule has 0 bridgehead atoms. The summed E-state index contributed by atoms with van der Waals surface area (Å²) in [7, 11) is 0. The van der Waals surface area contributed by atoms with Gasteiger partial charge < -0.3 is 10.1 Å². The minimum absolute atomic E-state index is 0.0805. The van der Waals surface area contributed by atoms with Crippen LogP contribution in [0.4, 0.5) is 5.69 Å². The van der Waals surface area contributed by atoms with Crippen molar-refractivity contribution in [3.05, 3.63) is 29.8 Å². The summed E-state index contributed by atoms with van der Waals surface area (Å²) in [5.41, 5.74) is 1.06. The maximum Gasteiger partial charge on any atom is 0.245 e. The SMILES string of the molecule is CC(C)(C)c1ccc(NC(=O)C2(C#N)CCOCC2)cc1. The molecule has 0 saturated carbocycles. The first kappa shape index (κ1) is 15.5. The van der Waals surface area contributed by atoms with E-state index >= 15 is 0 Å². The second-order valence-corrected chi connectivity index (χ2v) is 6.59. The van der Waals surface area contributed by atoms with Crippen LogP contribution >= 0.6 is 0 Å². The largest absolute Gasteiger partial charge is 0.381 e. The highest BCUT2D eigenvalue weighted by molar-refractivity contribution is 5.97.